The Morgan fingerprint density at radius 1 is 1.17 bits per heavy atom. The Kier molecular flexibility index (Phi) is 5.81. The number of alkyl halides is 2. The number of carbonyl (C=O) groups is 2. The molecule has 30 heavy (non-hydrogen) atoms. The lowest BCUT2D eigenvalue weighted by Crippen LogP contribution is -2.53. The largest absolute Gasteiger partial charge is 0.450 e. The van der Waals surface area contributed by atoms with Gasteiger partial charge >= 0.3 is 6.09 Å². The van der Waals surface area contributed by atoms with Crippen molar-refractivity contribution in [2.45, 2.75) is 70.4 Å². The van der Waals surface area contributed by atoms with Crippen molar-refractivity contribution in [1.82, 2.24) is 14.7 Å². The molecule has 4 rings (SSSR count). The lowest BCUT2D eigenvalue weighted by molar-refractivity contribution is -0.132. The van der Waals surface area contributed by atoms with Gasteiger partial charge in [0.05, 0.1) is 19.2 Å². The molecule has 1 aliphatic carbocycles. The van der Waals surface area contributed by atoms with E-state index < -0.39 is 18.5 Å². The van der Waals surface area contributed by atoms with Crippen LogP contribution in [0.25, 0.3) is 0 Å². The number of halogens is 2. The predicted octanol–water partition coefficient (Wildman–Crippen LogP) is 3.28. The summed E-state index contributed by atoms with van der Waals surface area (Å²) in [6.07, 6.45) is 5.82. The van der Waals surface area contributed by atoms with Gasteiger partial charge < -0.3 is 14.5 Å². The van der Waals surface area contributed by atoms with E-state index in [1.165, 1.54) is 4.90 Å². The Morgan fingerprint density at radius 2 is 1.93 bits per heavy atom. The first kappa shape index (κ1) is 21.5. The van der Waals surface area contributed by atoms with Crippen LogP contribution in [-0.2, 0) is 9.53 Å². The van der Waals surface area contributed by atoms with Gasteiger partial charge in [-0.25, -0.2) is 13.6 Å². The van der Waals surface area contributed by atoms with E-state index in [4.69, 9.17) is 4.74 Å². The lowest BCUT2D eigenvalue weighted by atomic mass is 9.64. The van der Waals surface area contributed by atoms with E-state index in [0.717, 1.165) is 57.4 Å². The molecule has 0 N–H and O–H groups in total. The molecule has 3 aliphatic heterocycles. The Balaban J connectivity index is 1.31. The van der Waals surface area contributed by atoms with Gasteiger partial charge in [0, 0.05) is 45.1 Å². The molecule has 2 saturated heterocycles. The topological polar surface area (TPSA) is 53.1 Å². The summed E-state index contributed by atoms with van der Waals surface area (Å²) >= 11 is 0. The lowest BCUT2D eigenvalue weighted by Gasteiger charge is -2.51. The van der Waals surface area contributed by atoms with Gasteiger partial charge in [-0.2, -0.15) is 0 Å². The van der Waals surface area contributed by atoms with Crippen molar-refractivity contribution >= 4 is 12.0 Å². The van der Waals surface area contributed by atoms with Gasteiger partial charge in [-0.15, -0.1) is 0 Å². The molecule has 1 saturated carbocycles. The highest BCUT2D eigenvalue weighted by Crippen LogP contribution is 2.50. The van der Waals surface area contributed by atoms with E-state index in [1.54, 1.807) is 6.92 Å². The molecule has 168 valence electrons. The Labute approximate surface area is 177 Å². The fourth-order valence-electron chi connectivity index (χ4n) is 5.79. The van der Waals surface area contributed by atoms with Gasteiger partial charge in [-0.3, -0.25) is 9.69 Å². The molecule has 0 bridgehead atoms. The second-order valence-corrected chi connectivity index (χ2v) is 9.41. The first-order chi connectivity index (χ1) is 14.3. The number of rotatable bonds is 4. The summed E-state index contributed by atoms with van der Waals surface area (Å²) in [6, 6.07) is 0.0404. The summed E-state index contributed by atoms with van der Waals surface area (Å²) in [5.41, 5.74) is 1.22. The normalized spacial score (nSPS) is 33.5. The first-order valence-electron chi connectivity index (χ1n) is 11.3. The van der Waals surface area contributed by atoms with E-state index in [0.29, 0.717) is 12.6 Å². The molecule has 0 radical (unpaired) electrons. The molecule has 0 unspecified atom stereocenters. The maximum atomic E-state index is 14.0. The van der Waals surface area contributed by atoms with Gasteiger partial charge in [0.15, 0.2) is 0 Å². The van der Waals surface area contributed by atoms with E-state index in [9.17, 15) is 18.4 Å². The SMILES string of the molecule is CCOC(=O)N1CCC2(CC(N3CC=C([C@@H]4CC(F)(F)CN4C(=O)CC)CC3)C2)C1. The average Bonchev–Trinajstić information content (AvgIpc) is 3.28. The zero-order chi connectivity index (χ0) is 21.5. The van der Waals surface area contributed by atoms with Crippen molar-refractivity contribution in [3.05, 3.63) is 11.6 Å². The van der Waals surface area contributed by atoms with E-state index >= 15 is 0 Å². The third kappa shape index (κ3) is 4.07. The minimum atomic E-state index is -2.79. The standard InChI is InChI=1S/C22H33F2N3O3/c1-3-19(28)27-15-22(23,24)13-18(27)16-5-8-25(9-6-16)17-11-21(12-17)7-10-26(14-21)20(29)30-4-2/h5,17-18H,3-4,6-15H2,1-2H3/t17?,18-,21?/m0/s1. The highest BCUT2D eigenvalue weighted by Gasteiger charge is 2.52. The summed E-state index contributed by atoms with van der Waals surface area (Å²) in [5, 5.41) is 0. The van der Waals surface area contributed by atoms with Gasteiger partial charge in [-0.05, 0) is 43.6 Å². The molecule has 1 spiro atoms. The number of amides is 2. The third-order valence-corrected chi connectivity index (χ3v) is 7.41. The minimum Gasteiger partial charge on any atom is -0.450 e. The minimum absolute atomic E-state index is 0.186. The molecular weight excluding hydrogens is 392 g/mol. The molecule has 0 aromatic heterocycles. The number of hydrogen-bond donors (Lipinski definition) is 0. The van der Waals surface area contributed by atoms with Crippen LogP contribution in [0.15, 0.2) is 11.6 Å². The van der Waals surface area contributed by atoms with Crippen LogP contribution in [0.5, 0.6) is 0 Å². The van der Waals surface area contributed by atoms with Gasteiger partial charge in [0.2, 0.25) is 5.91 Å². The molecule has 6 nitrogen and oxygen atoms in total. The van der Waals surface area contributed by atoms with Crippen molar-refractivity contribution in [3.63, 3.8) is 0 Å². The predicted molar refractivity (Wildman–Crippen MR) is 108 cm³/mol. The Bertz CT molecular complexity index is 720. The number of carbonyl (C=O) groups excluding carboxylic acids is 2. The summed E-state index contributed by atoms with van der Waals surface area (Å²) in [4.78, 5) is 29.8. The van der Waals surface area contributed by atoms with Gasteiger partial charge in [-0.1, -0.05) is 13.0 Å². The average molecular weight is 426 g/mol. The zero-order valence-corrected chi connectivity index (χ0v) is 18.0. The maximum absolute atomic E-state index is 14.0. The van der Waals surface area contributed by atoms with Crippen LogP contribution in [0.2, 0.25) is 0 Å². The molecular formula is C22H33F2N3O3. The van der Waals surface area contributed by atoms with Crippen LogP contribution in [0.1, 0.15) is 52.4 Å². The van der Waals surface area contributed by atoms with Crippen LogP contribution < -0.4 is 0 Å². The summed E-state index contributed by atoms with van der Waals surface area (Å²) in [5.74, 6) is -2.98. The second-order valence-electron chi connectivity index (χ2n) is 9.41. The zero-order valence-electron chi connectivity index (χ0n) is 18.0. The van der Waals surface area contributed by atoms with Crippen LogP contribution in [0.3, 0.4) is 0 Å². The summed E-state index contributed by atoms with van der Waals surface area (Å²) in [6.45, 7) is 6.67. The van der Waals surface area contributed by atoms with E-state index in [-0.39, 0.29) is 30.3 Å². The van der Waals surface area contributed by atoms with Gasteiger partial charge in [0.1, 0.15) is 0 Å². The van der Waals surface area contributed by atoms with Crippen molar-refractivity contribution in [2.75, 3.05) is 39.3 Å². The van der Waals surface area contributed by atoms with Crippen molar-refractivity contribution in [1.29, 1.82) is 0 Å². The number of ether oxygens (including phenoxy) is 1. The molecule has 2 amide bonds. The number of likely N-dealkylation sites (tertiary alicyclic amines) is 2. The smallest absolute Gasteiger partial charge is 0.409 e. The summed E-state index contributed by atoms with van der Waals surface area (Å²) in [7, 11) is 0. The molecule has 3 fully saturated rings. The van der Waals surface area contributed by atoms with Gasteiger partial charge in [0.25, 0.3) is 5.92 Å². The second kappa shape index (κ2) is 8.09. The fraction of sp³-hybridized carbons (Fsp3) is 0.818. The van der Waals surface area contributed by atoms with Crippen LogP contribution in [0.4, 0.5) is 13.6 Å². The third-order valence-electron chi connectivity index (χ3n) is 7.41. The quantitative estimate of drug-likeness (QED) is 0.649. The van der Waals surface area contributed by atoms with Crippen molar-refractivity contribution < 1.29 is 23.1 Å². The monoisotopic (exact) mass is 425 g/mol. The molecule has 0 aromatic carbocycles. The fourth-order valence-corrected chi connectivity index (χ4v) is 5.79. The van der Waals surface area contributed by atoms with Crippen LogP contribution in [-0.4, -0.2) is 84.0 Å². The Morgan fingerprint density at radius 3 is 2.57 bits per heavy atom. The van der Waals surface area contributed by atoms with Crippen LogP contribution in [0, 0.1) is 5.41 Å². The van der Waals surface area contributed by atoms with E-state index in [2.05, 4.69) is 11.0 Å². The highest BCUT2D eigenvalue weighted by atomic mass is 19.3. The summed E-state index contributed by atoms with van der Waals surface area (Å²) < 4.78 is 33.1. The first-order valence-corrected chi connectivity index (χ1v) is 11.3. The molecule has 8 heteroatoms. The molecule has 0 aromatic rings. The maximum Gasteiger partial charge on any atom is 0.409 e. The molecule has 3 heterocycles. The molecule has 1 atom stereocenters. The van der Waals surface area contributed by atoms with E-state index in [1.807, 2.05) is 11.8 Å². The number of nitrogens with zero attached hydrogens (tertiary/aromatic N) is 3. The van der Waals surface area contributed by atoms with Crippen molar-refractivity contribution in [3.8, 4) is 0 Å². The number of hydrogen-bond acceptors (Lipinski definition) is 4. The van der Waals surface area contributed by atoms with Crippen LogP contribution >= 0.6 is 0 Å². The van der Waals surface area contributed by atoms with Crippen molar-refractivity contribution in [2.24, 2.45) is 5.41 Å². The molecule has 4 aliphatic rings. The Hall–Kier alpha value is -1.70. The highest BCUT2D eigenvalue weighted by molar-refractivity contribution is 5.77.